The summed E-state index contributed by atoms with van der Waals surface area (Å²) in [5.74, 6) is -0.0232. The molecule has 0 unspecified atom stereocenters. The van der Waals surface area contributed by atoms with E-state index >= 15 is 0 Å². The fourth-order valence-electron chi connectivity index (χ4n) is 1.30. The van der Waals surface area contributed by atoms with Crippen LogP contribution in [0.25, 0.3) is 0 Å². The predicted molar refractivity (Wildman–Crippen MR) is 55.3 cm³/mol. The number of rotatable bonds is 1. The molecule has 0 atom stereocenters. The number of Topliss-reactive ketones (excluding diaryl/α,β-unsaturated/α-hetero) is 1. The van der Waals surface area contributed by atoms with Gasteiger partial charge in [0.1, 0.15) is 5.75 Å². The maximum Gasteiger partial charge on any atom is 0.163 e. The topological polar surface area (TPSA) is 37.3 Å². The maximum absolute atomic E-state index is 11.2. The van der Waals surface area contributed by atoms with E-state index in [4.69, 9.17) is 0 Å². The molecule has 1 aromatic carbocycles. The minimum Gasteiger partial charge on any atom is -0.507 e. The number of phenols is 1. The predicted octanol–water partition coefficient (Wildman–Crippen LogP) is 2.97. The first kappa shape index (κ1) is 10.3. The van der Waals surface area contributed by atoms with Gasteiger partial charge in [-0.05, 0) is 32.4 Å². The zero-order chi connectivity index (χ0) is 10.2. The van der Waals surface area contributed by atoms with Gasteiger partial charge >= 0.3 is 0 Å². The van der Waals surface area contributed by atoms with Gasteiger partial charge in [-0.2, -0.15) is 0 Å². The van der Waals surface area contributed by atoms with Crippen molar-refractivity contribution in [3.05, 3.63) is 27.2 Å². The Hall–Kier alpha value is -0.830. The lowest BCUT2D eigenvalue weighted by atomic mass is 10.0. The molecule has 1 rings (SSSR count). The van der Waals surface area contributed by atoms with Crippen molar-refractivity contribution in [1.82, 2.24) is 0 Å². The third-order valence-corrected chi connectivity index (χ3v) is 2.86. The smallest absolute Gasteiger partial charge is 0.163 e. The van der Waals surface area contributed by atoms with E-state index in [2.05, 4.69) is 15.9 Å². The van der Waals surface area contributed by atoms with Crippen LogP contribution in [0, 0.1) is 13.8 Å². The molecule has 0 aliphatic carbocycles. The normalized spacial score (nSPS) is 10.2. The lowest BCUT2D eigenvalue weighted by Gasteiger charge is -2.09. The zero-order valence-corrected chi connectivity index (χ0v) is 9.40. The second-order valence-corrected chi connectivity index (χ2v) is 3.93. The van der Waals surface area contributed by atoms with E-state index in [-0.39, 0.29) is 11.5 Å². The summed E-state index contributed by atoms with van der Waals surface area (Å²) in [6, 6.07) is 1.84. The molecule has 0 bridgehead atoms. The monoisotopic (exact) mass is 242 g/mol. The van der Waals surface area contributed by atoms with Crippen LogP contribution >= 0.6 is 15.9 Å². The van der Waals surface area contributed by atoms with E-state index < -0.39 is 0 Å². The SMILES string of the molecule is CC(=O)c1c(C)cc(Br)c(C)c1O. The van der Waals surface area contributed by atoms with Crippen molar-refractivity contribution in [1.29, 1.82) is 0 Å². The van der Waals surface area contributed by atoms with Gasteiger partial charge in [-0.25, -0.2) is 0 Å². The Labute approximate surface area is 85.7 Å². The van der Waals surface area contributed by atoms with Crippen molar-refractivity contribution in [3.8, 4) is 5.75 Å². The molecule has 2 nitrogen and oxygen atoms in total. The van der Waals surface area contributed by atoms with Crippen LogP contribution in [-0.4, -0.2) is 10.9 Å². The van der Waals surface area contributed by atoms with Crippen LogP contribution in [-0.2, 0) is 0 Å². The summed E-state index contributed by atoms with van der Waals surface area (Å²) in [5, 5.41) is 9.68. The van der Waals surface area contributed by atoms with Gasteiger partial charge in [0.15, 0.2) is 5.78 Å². The lowest BCUT2D eigenvalue weighted by Crippen LogP contribution is -1.98. The van der Waals surface area contributed by atoms with E-state index in [0.717, 1.165) is 10.0 Å². The summed E-state index contributed by atoms with van der Waals surface area (Å²) in [5.41, 5.74) is 1.92. The first-order chi connectivity index (χ1) is 5.95. The van der Waals surface area contributed by atoms with E-state index in [9.17, 15) is 9.90 Å². The summed E-state index contributed by atoms with van der Waals surface area (Å²) in [6.07, 6.45) is 0. The highest BCUT2D eigenvalue weighted by atomic mass is 79.9. The highest BCUT2D eigenvalue weighted by Crippen LogP contribution is 2.31. The lowest BCUT2D eigenvalue weighted by molar-refractivity contribution is 0.101. The highest BCUT2D eigenvalue weighted by molar-refractivity contribution is 9.10. The minimum absolute atomic E-state index is 0.0828. The van der Waals surface area contributed by atoms with E-state index in [1.807, 2.05) is 6.07 Å². The fraction of sp³-hybridized carbons (Fsp3) is 0.300. The van der Waals surface area contributed by atoms with Crippen molar-refractivity contribution in [2.24, 2.45) is 0 Å². The number of hydrogen-bond acceptors (Lipinski definition) is 2. The van der Waals surface area contributed by atoms with Crippen LogP contribution in [0.3, 0.4) is 0 Å². The molecule has 0 amide bonds. The van der Waals surface area contributed by atoms with Gasteiger partial charge in [-0.15, -0.1) is 0 Å². The van der Waals surface area contributed by atoms with Crippen molar-refractivity contribution >= 4 is 21.7 Å². The number of halogens is 1. The first-order valence-electron chi connectivity index (χ1n) is 3.94. The molecule has 0 fully saturated rings. The van der Waals surface area contributed by atoms with Crippen LogP contribution in [0.5, 0.6) is 5.75 Å². The number of hydrogen-bond donors (Lipinski definition) is 1. The van der Waals surface area contributed by atoms with Gasteiger partial charge in [-0.1, -0.05) is 15.9 Å². The Morgan fingerprint density at radius 2 is 2.00 bits per heavy atom. The van der Waals surface area contributed by atoms with Gasteiger partial charge in [0.05, 0.1) is 5.56 Å². The van der Waals surface area contributed by atoms with Crippen molar-refractivity contribution in [2.45, 2.75) is 20.8 Å². The number of carbonyl (C=O) groups excluding carboxylic acids is 1. The van der Waals surface area contributed by atoms with Crippen LogP contribution in [0.4, 0.5) is 0 Å². The van der Waals surface area contributed by atoms with E-state index in [1.54, 1.807) is 13.8 Å². The Bertz CT molecular complexity index is 370. The molecule has 0 heterocycles. The van der Waals surface area contributed by atoms with Gasteiger partial charge < -0.3 is 5.11 Å². The molecule has 0 radical (unpaired) electrons. The van der Waals surface area contributed by atoms with Crippen molar-refractivity contribution in [2.75, 3.05) is 0 Å². The molecule has 0 aliphatic heterocycles. The van der Waals surface area contributed by atoms with Crippen LogP contribution in [0.2, 0.25) is 0 Å². The molecule has 13 heavy (non-hydrogen) atoms. The van der Waals surface area contributed by atoms with Crippen LogP contribution in [0.1, 0.15) is 28.4 Å². The number of phenolic OH excluding ortho intramolecular Hbond substituents is 1. The molecular weight excluding hydrogens is 232 g/mol. The summed E-state index contributed by atoms with van der Waals surface area (Å²) in [7, 11) is 0. The van der Waals surface area contributed by atoms with Gasteiger partial charge in [0.2, 0.25) is 0 Å². The van der Waals surface area contributed by atoms with Gasteiger partial charge in [-0.3, -0.25) is 4.79 Å². The number of ketones is 1. The molecule has 70 valence electrons. The maximum atomic E-state index is 11.2. The summed E-state index contributed by atoms with van der Waals surface area (Å²) in [4.78, 5) is 11.2. The minimum atomic E-state index is -0.106. The molecule has 0 saturated heterocycles. The fourth-order valence-corrected chi connectivity index (χ4v) is 1.83. The molecule has 3 heteroatoms. The molecule has 1 N–H and O–H groups in total. The van der Waals surface area contributed by atoms with Crippen LogP contribution in [0.15, 0.2) is 10.5 Å². The Morgan fingerprint density at radius 3 is 2.46 bits per heavy atom. The van der Waals surface area contributed by atoms with Crippen molar-refractivity contribution in [3.63, 3.8) is 0 Å². The second-order valence-electron chi connectivity index (χ2n) is 3.08. The zero-order valence-electron chi connectivity index (χ0n) is 7.81. The molecule has 0 saturated carbocycles. The second kappa shape index (κ2) is 3.50. The number of aryl methyl sites for hydroxylation is 1. The summed E-state index contributed by atoms with van der Waals surface area (Å²) in [6.45, 7) is 5.03. The molecule has 1 aromatic rings. The Morgan fingerprint density at radius 1 is 1.46 bits per heavy atom. The van der Waals surface area contributed by atoms with Crippen molar-refractivity contribution < 1.29 is 9.90 Å². The summed E-state index contributed by atoms with van der Waals surface area (Å²) >= 11 is 3.31. The summed E-state index contributed by atoms with van der Waals surface area (Å²) < 4.78 is 0.826. The molecule has 0 spiro atoms. The Balaban J connectivity index is 3.53. The Kier molecular flexibility index (Phi) is 2.76. The quantitative estimate of drug-likeness (QED) is 0.770. The molecule has 0 aliphatic rings. The third-order valence-electron chi connectivity index (χ3n) is 2.04. The first-order valence-corrected chi connectivity index (χ1v) is 4.74. The van der Waals surface area contributed by atoms with E-state index in [1.165, 1.54) is 6.92 Å². The van der Waals surface area contributed by atoms with Gasteiger partial charge in [0, 0.05) is 10.0 Å². The molecule has 0 aromatic heterocycles. The standard InChI is InChI=1S/C10H11BrO2/c1-5-4-8(11)6(2)10(13)9(5)7(3)12/h4,13H,1-3H3. The average molecular weight is 243 g/mol. The van der Waals surface area contributed by atoms with Gasteiger partial charge in [0.25, 0.3) is 0 Å². The average Bonchev–Trinajstić information content (AvgIpc) is 1.99. The number of aromatic hydroxyl groups is 1. The number of carbonyl (C=O) groups is 1. The highest BCUT2D eigenvalue weighted by Gasteiger charge is 2.14. The third kappa shape index (κ3) is 1.75. The van der Waals surface area contributed by atoms with E-state index in [0.29, 0.717) is 11.1 Å². The molecular formula is C10H11BrO2. The largest absolute Gasteiger partial charge is 0.507 e. The number of benzene rings is 1. The van der Waals surface area contributed by atoms with Crippen LogP contribution < -0.4 is 0 Å².